The van der Waals surface area contributed by atoms with Crippen LogP contribution in [0.15, 0.2) is 84.9 Å². The Labute approximate surface area is 185 Å². The second-order valence-electron chi connectivity index (χ2n) is 8.47. The molecular formula is C26H25ClN2Si. The van der Waals surface area contributed by atoms with Gasteiger partial charge in [0.1, 0.15) is 8.07 Å². The van der Waals surface area contributed by atoms with Crippen molar-refractivity contribution in [2.75, 3.05) is 5.01 Å². The van der Waals surface area contributed by atoms with Gasteiger partial charge in [0.2, 0.25) is 0 Å². The van der Waals surface area contributed by atoms with Gasteiger partial charge in [-0.2, -0.15) is 0 Å². The summed E-state index contributed by atoms with van der Waals surface area (Å²) in [6, 6.07) is 26.9. The van der Waals surface area contributed by atoms with Crippen molar-refractivity contribution in [1.82, 2.24) is 5.43 Å². The van der Waals surface area contributed by atoms with E-state index < -0.39 is 8.07 Å². The van der Waals surface area contributed by atoms with E-state index in [4.69, 9.17) is 11.6 Å². The van der Waals surface area contributed by atoms with E-state index in [2.05, 4.69) is 102 Å². The van der Waals surface area contributed by atoms with Gasteiger partial charge in [-0.3, -0.25) is 10.4 Å². The zero-order valence-corrected chi connectivity index (χ0v) is 19.2. The Bertz CT molecular complexity index is 1120. The molecule has 0 amide bonds. The standard InChI is InChI=1S/C26H25ClN2Si/c1-30(2,3)17-16-20-12-14-21(15-13-20)25-19-26(22-8-7-9-23(27)18-22)29(28-25)24-10-5-4-6-11-24/h4-15,18-19,26,28H,1-3H3. The Morgan fingerprint density at radius 1 is 0.900 bits per heavy atom. The summed E-state index contributed by atoms with van der Waals surface area (Å²) < 4.78 is 0. The van der Waals surface area contributed by atoms with Crippen LogP contribution < -0.4 is 10.4 Å². The molecule has 30 heavy (non-hydrogen) atoms. The number of hydrazine groups is 1. The zero-order chi connectivity index (χ0) is 21.1. The van der Waals surface area contributed by atoms with E-state index in [0.717, 1.165) is 33.1 Å². The molecule has 1 aliphatic rings. The molecule has 2 nitrogen and oxygen atoms in total. The van der Waals surface area contributed by atoms with Gasteiger partial charge < -0.3 is 0 Å². The van der Waals surface area contributed by atoms with E-state index in [1.165, 1.54) is 0 Å². The van der Waals surface area contributed by atoms with Gasteiger partial charge in [-0.15, -0.1) is 5.54 Å². The summed E-state index contributed by atoms with van der Waals surface area (Å²) in [5.74, 6) is 3.32. The lowest BCUT2D eigenvalue weighted by Crippen LogP contribution is -2.33. The fourth-order valence-corrected chi connectivity index (χ4v) is 4.09. The molecule has 1 heterocycles. The van der Waals surface area contributed by atoms with Crippen LogP contribution in [-0.4, -0.2) is 8.07 Å². The molecule has 0 saturated heterocycles. The maximum absolute atomic E-state index is 6.28. The molecule has 0 saturated carbocycles. The second kappa shape index (κ2) is 8.43. The van der Waals surface area contributed by atoms with Gasteiger partial charge in [-0.05, 0) is 53.6 Å². The molecule has 3 aromatic rings. The van der Waals surface area contributed by atoms with Crippen molar-refractivity contribution in [3.05, 3.63) is 107 Å². The van der Waals surface area contributed by atoms with Crippen LogP contribution in [0.1, 0.15) is 22.7 Å². The van der Waals surface area contributed by atoms with Crippen LogP contribution in [0.5, 0.6) is 0 Å². The van der Waals surface area contributed by atoms with Gasteiger partial charge in [0.15, 0.2) is 0 Å². The minimum Gasteiger partial charge on any atom is -0.297 e. The number of nitrogens with one attached hydrogen (secondary N) is 1. The predicted octanol–water partition coefficient (Wildman–Crippen LogP) is 6.68. The third kappa shape index (κ3) is 4.79. The van der Waals surface area contributed by atoms with E-state index in [9.17, 15) is 0 Å². The Balaban J connectivity index is 1.66. The van der Waals surface area contributed by atoms with E-state index >= 15 is 0 Å². The lowest BCUT2D eigenvalue weighted by molar-refractivity contribution is 0.724. The first kappa shape index (κ1) is 20.3. The predicted molar refractivity (Wildman–Crippen MR) is 131 cm³/mol. The van der Waals surface area contributed by atoms with Crippen molar-refractivity contribution in [2.24, 2.45) is 0 Å². The Kier molecular flexibility index (Phi) is 5.72. The first-order valence-electron chi connectivity index (χ1n) is 10.1. The monoisotopic (exact) mass is 428 g/mol. The van der Waals surface area contributed by atoms with Crippen LogP contribution in [0.4, 0.5) is 5.69 Å². The molecule has 0 spiro atoms. The number of rotatable bonds is 3. The Morgan fingerprint density at radius 2 is 1.63 bits per heavy atom. The number of hydrogen-bond acceptors (Lipinski definition) is 2. The van der Waals surface area contributed by atoms with Gasteiger partial charge >= 0.3 is 0 Å². The molecule has 0 bridgehead atoms. The van der Waals surface area contributed by atoms with Crippen molar-refractivity contribution >= 4 is 31.1 Å². The molecular weight excluding hydrogens is 404 g/mol. The number of benzene rings is 3. The molecule has 0 radical (unpaired) electrons. The van der Waals surface area contributed by atoms with E-state index in [-0.39, 0.29) is 6.04 Å². The summed E-state index contributed by atoms with van der Waals surface area (Å²) in [4.78, 5) is 0. The Hall–Kier alpha value is -2.93. The Morgan fingerprint density at radius 3 is 2.30 bits per heavy atom. The van der Waals surface area contributed by atoms with E-state index in [1.807, 2.05) is 24.3 Å². The van der Waals surface area contributed by atoms with E-state index in [0.29, 0.717) is 0 Å². The van der Waals surface area contributed by atoms with Crippen molar-refractivity contribution in [1.29, 1.82) is 0 Å². The zero-order valence-electron chi connectivity index (χ0n) is 17.5. The fourth-order valence-electron chi connectivity index (χ4n) is 3.37. The molecule has 0 aliphatic carbocycles. The van der Waals surface area contributed by atoms with Crippen molar-refractivity contribution in [2.45, 2.75) is 25.7 Å². The van der Waals surface area contributed by atoms with Crippen molar-refractivity contribution < 1.29 is 0 Å². The van der Waals surface area contributed by atoms with Crippen LogP contribution in [0.25, 0.3) is 5.70 Å². The minimum atomic E-state index is -1.38. The maximum Gasteiger partial charge on any atom is 0.129 e. The van der Waals surface area contributed by atoms with E-state index in [1.54, 1.807) is 0 Å². The summed E-state index contributed by atoms with van der Waals surface area (Å²) in [7, 11) is -1.38. The van der Waals surface area contributed by atoms with Gasteiger partial charge in [0.05, 0.1) is 17.4 Å². The average Bonchev–Trinajstić information content (AvgIpc) is 3.18. The van der Waals surface area contributed by atoms with Crippen LogP contribution in [-0.2, 0) is 0 Å². The lowest BCUT2D eigenvalue weighted by atomic mass is 10.0. The lowest BCUT2D eigenvalue weighted by Gasteiger charge is -2.27. The van der Waals surface area contributed by atoms with Crippen molar-refractivity contribution in [3.8, 4) is 11.5 Å². The average molecular weight is 429 g/mol. The first-order valence-corrected chi connectivity index (χ1v) is 14.0. The quantitative estimate of drug-likeness (QED) is 0.370. The number of halogens is 1. The third-order valence-electron chi connectivity index (χ3n) is 4.85. The molecule has 1 unspecified atom stereocenters. The van der Waals surface area contributed by atoms with Crippen LogP contribution in [0.2, 0.25) is 24.7 Å². The highest BCUT2D eigenvalue weighted by Gasteiger charge is 2.27. The molecule has 4 rings (SSSR count). The summed E-state index contributed by atoms with van der Waals surface area (Å²) in [6.45, 7) is 6.78. The number of hydrogen-bond donors (Lipinski definition) is 1. The van der Waals surface area contributed by atoms with Crippen molar-refractivity contribution in [3.63, 3.8) is 0 Å². The summed E-state index contributed by atoms with van der Waals surface area (Å²) in [6.07, 6.45) is 2.25. The smallest absolute Gasteiger partial charge is 0.129 e. The number of para-hydroxylation sites is 1. The summed E-state index contributed by atoms with van der Waals surface area (Å²) in [5, 5.41) is 2.92. The van der Waals surface area contributed by atoms with Crippen LogP contribution in [0, 0.1) is 11.5 Å². The molecule has 0 fully saturated rings. The molecule has 1 atom stereocenters. The first-order chi connectivity index (χ1) is 14.4. The topological polar surface area (TPSA) is 15.3 Å². The summed E-state index contributed by atoms with van der Waals surface area (Å²) >= 11 is 6.28. The number of anilines is 1. The van der Waals surface area contributed by atoms with Crippen LogP contribution in [0.3, 0.4) is 0 Å². The van der Waals surface area contributed by atoms with Gasteiger partial charge in [0, 0.05) is 10.6 Å². The second-order valence-corrected chi connectivity index (χ2v) is 13.7. The molecule has 1 aliphatic heterocycles. The maximum atomic E-state index is 6.28. The highest BCUT2D eigenvalue weighted by atomic mass is 35.5. The summed E-state index contributed by atoms with van der Waals surface area (Å²) in [5.41, 5.74) is 12.5. The molecule has 150 valence electrons. The van der Waals surface area contributed by atoms with Gasteiger partial charge in [-0.25, -0.2) is 0 Å². The van der Waals surface area contributed by atoms with Gasteiger partial charge in [0.25, 0.3) is 0 Å². The molecule has 0 aromatic heterocycles. The molecule has 1 N–H and O–H groups in total. The molecule has 3 aromatic carbocycles. The van der Waals surface area contributed by atoms with Crippen LogP contribution >= 0.6 is 11.6 Å². The minimum absolute atomic E-state index is 0.0486. The largest absolute Gasteiger partial charge is 0.297 e. The highest BCUT2D eigenvalue weighted by molar-refractivity contribution is 6.83. The highest BCUT2D eigenvalue weighted by Crippen LogP contribution is 2.35. The fraction of sp³-hybridized carbons (Fsp3) is 0.154. The molecule has 4 heteroatoms. The normalized spacial score (nSPS) is 15.8. The third-order valence-corrected chi connectivity index (χ3v) is 5.96. The van der Waals surface area contributed by atoms with Gasteiger partial charge in [-0.1, -0.05) is 79.6 Å². The SMILES string of the molecule is C[Si](C)(C)C#Cc1ccc(C2=CC(c3cccc(Cl)c3)N(c3ccccc3)N2)cc1. The number of nitrogens with zero attached hydrogens (tertiary/aromatic N) is 1.